The number of rotatable bonds is 2. The second-order valence-corrected chi connectivity index (χ2v) is 3.31. The second-order valence-electron chi connectivity index (χ2n) is 3.31. The first-order valence-electron chi connectivity index (χ1n) is 5.09. The van der Waals surface area contributed by atoms with Gasteiger partial charge in [-0.05, 0) is 5.92 Å². The summed E-state index contributed by atoms with van der Waals surface area (Å²) in [4.78, 5) is 2.47. The van der Waals surface area contributed by atoms with Gasteiger partial charge < -0.3 is 4.74 Å². The van der Waals surface area contributed by atoms with Gasteiger partial charge in [0, 0.05) is 19.6 Å². The summed E-state index contributed by atoms with van der Waals surface area (Å²) < 4.78 is 5.24. The zero-order valence-corrected chi connectivity index (χ0v) is 8.97. The molecule has 0 aromatic carbocycles. The third-order valence-corrected chi connectivity index (χ3v) is 1.73. The molecule has 0 N–H and O–H groups in total. The van der Waals surface area contributed by atoms with Gasteiger partial charge in [-0.1, -0.05) is 27.7 Å². The monoisotopic (exact) mass is 173 g/mol. The quantitative estimate of drug-likeness (QED) is 0.633. The Labute approximate surface area is 76.9 Å². The van der Waals surface area contributed by atoms with Crippen molar-refractivity contribution in [3.8, 4) is 0 Å². The zero-order chi connectivity index (χ0) is 9.40. The lowest BCUT2D eigenvalue weighted by Crippen LogP contribution is -2.38. The molecule has 2 heteroatoms. The van der Waals surface area contributed by atoms with Gasteiger partial charge in [0.15, 0.2) is 0 Å². The van der Waals surface area contributed by atoms with Crippen LogP contribution in [0, 0.1) is 5.92 Å². The first kappa shape index (κ1) is 11.9. The van der Waals surface area contributed by atoms with E-state index in [9.17, 15) is 0 Å². The number of hydrogen-bond acceptors (Lipinski definition) is 2. The van der Waals surface area contributed by atoms with Crippen LogP contribution < -0.4 is 0 Å². The lowest BCUT2D eigenvalue weighted by molar-refractivity contribution is 0.0329. The first-order chi connectivity index (χ1) is 5.79. The minimum absolute atomic E-state index is 0.790. The summed E-state index contributed by atoms with van der Waals surface area (Å²) in [5.74, 6) is 0.790. The Morgan fingerprint density at radius 2 is 1.67 bits per heavy atom. The maximum atomic E-state index is 5.24. The van der Waals surface area contributed by atoms with Gasteiger partial charge in [-0.25, -0.2) is 0 Å². The molecule has 1 fully saturated rings. The molecule has 2 nitrogen and oxygen atoms in total. The summed E-state index contributed by atoms with van der Waals surface area (Å²) in [6.07, 6.45) is 0. The van der Waals surface area contributed by atoms with Crippen LogP contribution in [0.25, 0.3) is 0 Å². The van der Waals surface area contributed by atoms with Crippen molar-refractivity contribution in [2.45, 2.75) is 27.7 Å². The van der Waals surface area contributed by atoms with Crippen LogP contribution in [-0.4, -0.2) is 37.7 Å². The van der Waals surface area contributed by atoms with Crippen LogP contribution in [-0.2, 0) is 4.74 Å². The Hall–Kier alpha value is -0.0800. The number of morpholine rings is 1. The van der Waals surface area contributed by atoms with E-state index in [1.807, 2.05) is 13.8 Å². The van der Waals surface area contributed by atoms with E-state index in [2.05, 4.69) is 18.7 Å². The topological polar surface area (TPSA) is 12.5 Å². The minimum atomic E-state index is 0.790. The van der Waals surface area contributed by atoms with Gasteiger partial charge in [0.05, 0.1) is 13.2 Å². The molecule has 0 aromatic heterocycles. The Kier molecular flexibility index (Phi) is 7.51. The fourth-order valence-corrected chi connectivity index (χ4v) is 1.30. The average molecular weight is 173 g/mol. The molecule has 0 atom stereocenters. The molecule has 0 amide bonds. The maximum absolute atomic E-state index is 5.24. The fourth-order valence-electron chi connectivity index (χ4n) is 1.30. The van der Waals surface area contributed by atoms with E-state index in [0.29, 0.717) is 0 Å². The molecule has 0 aliphatic carbocycles. The van der Waals surface area contributed by atoms with E-state index in [0.717, 1.165) is 32.2 Å². The molecular weight excluding hydrogens is 150 g/mol. The average Bonchev–Trinajstić information content (AvgIpc) is 2.08. The third-order valence-electron chi connectivity index (χ3n) is 1.73. The molecule has 0 bridgehead atoms. The van der Waals surface area contributed by atoms with Crippen LogP contribution >= 0.6 is 0 Å². The van der Waals surface area contributed by atoms with Crippen LogP contribution in [0.15, 0.2) is 0 Å². The second kappa shape index (κ2) is 7.56. The summed E-state index contributed by atoms with van der Waals surface area (Å²) in [5, 5.41) is 0. The largest absolute Gasteiger partial charge is 0.379 e. The Morgan fingerprint density at radius 3 is 2.08 bits per heavy atom. The molecule has 1 saturated heterocycles. The minimum Gasteiger partial charge on any atom is -0.379 e. The van der Waals surface area contributed by atoms with Crippen molar-refractivity contribution in [2.75, 3.05) is 32.8 Å². The summed E-state index contributed by atoms with van der Waals surface area (Å²) in [5.41, 5.74) is 0. The molecule has 74 valence electrons. The lowest BCUT2D eigenvalue weighted by Gasteiger charge is -2.27. The molecule has 1 rings (SSSR count). The lowest BCUT2D eigenvalue weighted by atomic mass is 10.2. The number of hydrogen-bond donors (Lipinski definition) is 0. The maximum Gasteiger partial charge on any atom is 0.0594 e. The molecule has 0 spiro atoms. The molecule has 1 aliphatic rings. The van der Waals surface area contributed by atoms with E-state index in [1.54, 1.807) is 0 Å². The van der Waals surface area contributed by atoms with Gasteiger partial charge in [0.2, 0.25) is 0 Å². The predicted octanol–water partition coefficient (Wildman–Crippen LogP) is 2.00. The van der Waals surface area contributed by atoms with Crippen molar-refractivity contribution in [2.24, 2.45) is 5.92 Å². The summed E-state index contributed by atoms with van der Waals surface area (Å²) in [7, 11) is 0. The van der Waals surface area contributed by atoms with Crippen LogP contribution in [0.1, 0.15) is 27.7 Å². The van der Waals surface area contributed by atoms with Crippen molar-refractivity contribution in [3.63, 3.8) is 0 Å². The zero-order valence-electron chi connectivity index (χ0n) is 8.97. The number of ether oxygens (including phenoxy) is 1. The first-order valence-corrected chi connectivity index (χ1v) is 5.09. The van der Waals surface area contributed by atoms with Gasteiger partial charge >= 0.3 is 0 Å². The van der Waals surface area contributed by atoms with Gasteiger partial charge in [0.25, 0.3) is 0 Å². The van der Waals surface area contributed by atoms with E-state index in [-0.39, 0.29) is 0 Å². The molecule has 1 heterocycles. The summed E-state index contributed by atoms with van der Waals surface area (Å²) >= 11 is 0. The molecule has 0 saturated carbocycles. The van der Waals surface area contributed by atoms with Gasteiger partial charge in [-0.3, -0.25) is 4.90 Å². The highest BCUT2D eigenvalue weighted by atomic mass is 16.5. The van der Waals surface area contributed by atoms with Crippen LogP contribution in [0.5, 0.6) is 0 Å². The van der Waals surface area contributed by atoms with Crippen molar-refractivity contribution in [3.05, 3.63) is 0 Å². The SMILES string of the molecule is CC.CC(C)CN1CCOCC1. The molecule has 0 aromatic rings. The van der Waals surface area contributed by atoms with E-state index < -0.39 is 0 Å². The summed E-state index contributed by atoms with van der Waals surface area (Å²) in [6.45, 7) is 13.8. The van der Waals surface area contributed by atoms with Crippen molar-refractivity contribution >= 4 is 0 Å². The van der Waals surface area contributed by atoms with Gasteiger partial charge in [0.1, 0.15) is 0 Å². The van der Waals surface area contributed by atoms with Crippen molar-refractivity contribution < 1.29 is 4.74 Å². The molecule has 12 heavy (non-hydrogen) atoms. The van der Waals surface area contributed by atoms with Crippen molar-refractivity contribution in [1.29, 1.82) is 0 Å². The van der Waals surface area contributed by atoms with Gasteiger partial charge in [-0.15, -0.1) is 0 Å². The van der Waals surface area contributed by atoms with Crippen LogP contribution in [0.2, 0.25) is 0 Å². The molecule has 0 radical (unpaired) electrons. The van der Waals surface area contributed by atoms with Crippen LogP contribution in [0.4, 0.5) is 0 Å². The highest BCUT2D eigenvalue weighted by molar-refractivity contribution is 4.62. The summed E-state index contributed by atoms with van der Waals surface area (Å²) in [6, 6.07) is 0. The highest BCUT2D eigenvalue weighted by Gasteiger charge is 2.10. The van der Waals surface area contributed by atoms with E-state index in [1.165, 1.54) is 6.54 Å². The van der Waals surface area contributed by atoms with E-state index in [4.69, 9.17) is 4.74 Å². The predicted molar refractivity (Wildman–Crippen MR) is 53.4 cm³/mol. The number of nitrogens with zero attached hydrogens (tertiary/aromatic N) is 1. The Morgan fingerprint density at radius 1 is 1.17 bits per heavy atom. The Balaban J connectivity index is 0.000000561. The third kappa shape index (κ3) is 5.56. The normalized spacial score (nSPS) is 18.8. The molecule has 1 aliphatic heterocycles. The molecular formula is C10H23NO. The van der Waals surface area contributed by atoms with Crippen LogP contribution in [0.3, 0.4) is 0 Å². The standard InChI is InChI=1S/C8H17NO.C2H6/c1-8(2)7-9-3-5-10-6-4-9;1-2/h8H,3-7H2,1-2H3;1-2H3. The smallest absolute Gasteiger partial charge is 0.0594 e. The van der Waals surface area contributed by atoms with Crippen molar-refractivity contribution in [1.82, 2.24) is 4.90 Å². The fraction of sp³-hybridized carbons (Fsp3) is 1.00. The Bertz CT molecular complexity index is 87.8. The van der Waals surface area contributed by atoms with Gasteiger partial charge in [-0.2, -0.15) is 0 Å². The van der Waals surface area contributed by atoms with E-state index >= 15 is 0 Å². The highest BCUT2D eigenvalue weighted by Crippen LogP contribution is 2.01. The molecule has 0 unspecified atom stereocenters.